The third-order valence-electron chi connectivity index (χ3n) is 8.16. The van der Waals surface area contributed by atoms with Crippen molar-refractivity contribution in [3.05, 3.63) is 105 Å². The molecule has 4 nitrogen and oxygen atoms in total. The Kier molecular flexibility index (Phi) is 10.5. The molecule has 0 saturated heterocycles. The van der Waals surface area contributed by atoms with Gasteiger partial charge in [0.05, 0.1) is 29.1 Å². The summed E-state index contributed by atoms with van der Waals surface area (Å²) < 4.78 is 0. The first-order valence-electron chi connectivity index (χ1n) is 15.4. The maximum atomic E-state index is 13.3. The molecule has 1 N–H and O–H groups in total. The molecule has 2 unspecified atom stereocenters. The molecule has 4 rings (SSSR count). The minimum absolute atomic E-state index is 0.229. The quantitative estimate of drug-likeness (QED) is 0.187. The van der Waals surface area contributed by atoms with Gasteiger partial charge in [-0.15, -0.1) is 0 Å². The summed E-state index contributed by atoms with van der Waals surface area (Å²) in [5.41, 5.74) is 13.2. The van der Waals surface area contributed by atoms with Crippen LogP contribution in [0.3, 0.4) is 0 Å². The minimum Gasteiger partial charge on any atom is -0.393 e. The molecule has 2 atom stereocenters. The van der Waals surface area contributed by atoms with Crippen molar-refractivity contribution < 1.29 is 9.90 Å². The highest BCUT2D eigenvalue weighted by molar-refractivity contribution is 5.85. The second-order valence-electron chi connectivity index (χ2n) is 12.1. The summed E-state index contributed by atoms with van der Waals surface area (Å²) in [7, 11) is 0. The number of nitrogens with zero attached hydrogens (tertiary/aromatic N) is 2. The highest BCUT2D eigenvalue weighted by Crippen LogP contribution is 2.31. The van der Waals surface area contributed by atoms with Gasteiger partial charge in [-0.1, -0.05) is 54.4 Å². The summed E-state index contributed by atoms with van der Waals surface area (Å²) in [6.45, 7) is 14.8. The zero-order chi connectivity index (χ0) is 30.4. The Labute approximate surface area is 252 Å². The van der Waals surface area contributed by atoms with Gasteiger partial charge in [0.1, 0.15) is 5.78 Å². The maximum absolute atomic E-state index is 13.3. The van der Waals surface area contributed by atoms with Crippen LogP contribution in [0.1, 0.15) is 89.7 Å². The molecule has 0 bridgehead atoms. The molecule has 4 heteroatoms. The van der Waals surface area contributed by atoms with E-state index < -0.39 is 6.10 Å². The second kappa shape index (κ2) is 14.0. The van der Waals surface area contributed by atoms with Crippen molar-refractivity contribution in [3.8, 4) is 22.5 Å². The summed E-state index contributed by atoms with van der Waals surface area (Å²) in [6.07, 6.45) is 3.35. The van der Waals surface area contributed by atoms with E-state index in [2.05, 4.69) is 65.8 Å². The van der Waals surface area contributed by atoms with Gasteiger partial charge in [0.25, 0.3) is 0 Å². The van der Waals surface area contributed by atoms with E-state index in [1.807, 2.05) is 43.3 Å². The maximum Gasteiger partial charge on any atom is 0.141 e. The number of carbonyl (C=O) groups excluding carboxylic acids is 1. The van der Waals surface area contributed by atoms with Crippen LogP contribution in [0.25, 0.3) is 22.5 Å². The van der Waals surface area contributed by atoms with Crippen molar-refractivity contribution in [2.24, 2.45) is 0 Å². The van der Waals surface area contributed by atoms with Crippen molar-refractivity contribution in [1.82, 2.24) is 9.97 Å². The lowest BCUT2D eigenvalue weighted by Gasteiger charge is -2.18. The average molecular weight is 563 g/mol. The fourth-order valence-electron chi connectivity index (χ4n) is 6.48. The summed E-state index contributed by atoms with van der Waals surface area (Å²) in [5, 5.41) is 11.0. The number of aliphatic hydroxyl groups is 1. The molecule has 0 aliphatic rings. The molecule has 4 aromatic rings. The van der Waals surface area contributed by atoms with Crippen LogP contribution in [-0.2, 0) is 11.2 Å². The number of aromatic nitrogens is 2. The van der Waals surface area contributed by atoms with Gasteiger partial charge in [-0.05, 0) is 114 Å². The van der Waals surface area contributed by atoms with Crippen LogP contribution in [0.4, 0.5) is 0 Å². The predicted octanol–water partition coefficient (Wildman–Crippen LogP) is 8.89. The summed E-state index contributed by atoms with van der Waals surface area (Å²) >= 11 is 0. The third kappa shape index (κ3) is 7.60. The number of benzene rings is 2. The first-order chi connectivity index (χ1) is 20.1. The van der Waals surface area contributed by atoms with Crippen molar-refractivity contribution in [2.75, 3.05) is 0 Å². The van der Waals surface area contributed by atoms with E-state index in [1.54, 1.807) is 0 Å². The van der Waals surface area contributed by atoms with Crippen molar-refractivity contribution >= 4 is 5.78 Å². The van der Waals surface area contributed by atoms with Gasteiger partial charge in [-0.25, -0.2) is 0 Å². The van der Waals surface area contributed by atoms with E-state index in [0.717, 1.165) is 41.2 Å². The van der Waals surface area contributed by atoms with Gasteiger partial charge in [0.15, 0.2) is 0 Å². The molecule has 42 heavy (non-hydrogen) atoms. The summed E-state index contributed by atoms with van der Waals surface area (Å²) in [5.74, 6) is -0.0377. The number of hydrogen-bond donors (Lipinski definition) is 1. The molecule has 0 spiro atoms. The first-order valence-corrected chi connectivity index (χ1v) is 15.4. The molecule has 0 fully saturated rings. The highest BCUT2D eigenvalue weighted by Gasteiger charge is 2.23. The first kappa shape index (κ1) is 31.3. The predicted molar refractivity (Wildman–Crippen MR) is 174 cm³/mol. The fraction of sp³-hybridized carbons (Fsp3) is 0.395. The molecule has 0 amide bonds. The lowest BCUT2D eigenvalue weighted by molar-refractivity contribution is -0.120. The van der Waals surface area contributed by atoms with Crippen LogP contribution in [0.2, 0.25) is 0 Å². The van der Waals surface area contributed by atoms with Crippen molar-refractivity contribution in [2.45, 2.75) is 99.0 Å². The number of ketones is 1. The van der Waals surface area contributed by atoms with Crippen LogP contribution in [0.5, 0.6) is 0 Å². The number of aliphatic hydroxyl groups excluding tert-OH is 1. The van der Waals surface area contributed by atoms with E-state index in [-0.39, 0.29) is 11.7 Å². The monoisotopic (exact) mass is 562 g/mol. The number of rotatable bonds is 12. The third-order valence-corrected chi connectivity index (χ3v) is 8.16. The second-order valence-corrected chi connectivity index (χ2v) is 12.1. The van der Waals surface area contributed by atoms with E-state index >= 15 is 0 Å². The van der Waals surface area contributed by atoms with Gasteiger partial charge in [-0.3, -0.25) is 14.8 Å². The van der Waals surface area contributed by atoms with E-state index in [0.29, 0.717) is 25.7 Å². The largest absolute Gasteiger partial charge is 0.393 e. The minimum atomic E-state index is -0.521. The molecule has 2 aromatic carbocycles. The van der Waals surface area contributed by atoms with E-state index in [9.17, 15) is 9.90 Å². The Morgan fingerprint density at radius 2 is 1.26 bits per heavy atom. The van der Waals surface area contributed by atoms with Crippen molar-refractivity contribution in [3.63, 3.8) is 0 Å². The van der Waals surface area contributed by atoms with Crippen LogP contribution >= 0.6 is 0 Å². The van der Waals surface area contributed by atoms with Gasteiger partial charge in [-0.2, -0.15) is 0 Å². The number of aryl methyl sites for hydroxylation is 6. The Bertz CT molecular complexity index is 1510. The number of pyridine rings is 2. The zero-order valence-electron chi connectivity index (χ0n) is 26.4. The highest BCUT2D eigenvalue weighted by atomic mass is 16.3. The van der Waals surface area contributed by atoms with Crippen LogP contribution < -0.4 is 0 Å². The lowest BCUT2D eigenvalue weighted by atomic mass is 9.89. The Morgan fingerprint density at radius 3 is 1.81 bits per heavy atom. The molecular formula is C38H46N2O2. The Balaban J connectivity index is 1.46. The number of hydrogen-bond acceptors (Lipinski definition) is 4. The fourth-order valence-corrected chi connectivity index (χ4v) is 6.48. The van der Waals surface area contributed by atoms with Gasteiger partial charge in [0, 0.05) is 29.7 Å². The SMILES string of the molecule is CCCC(=O)C(CCCC(O)Cc1cccc(-c2c(C)cc(C)cc2C)n1)c1cccc(-c2c(C)cc(C)cc2C)n1. The zero-order valence-corrected chi connectivity index (χ0v) is 26.4. The lowest BCUT2D eigenvalue weighted by Crippen LogP contribution is -2.16. The molecule has 0 aliphatic carbocycles. The van der Waals surface area contributed by atoms with Gasteiger partial charge < -0.3 is 5.11 Å². The Morgan fingerprint density at radius 1 is 0.738 bits per heavy atom. The molecule has 2 aromatic heterocycles. The molecular weight excluding hydrogens is 516 g/mol. The van der Waals surface area contributed by atoms with Crippen LogP contribution in [0, 0.1) is 41.5 Å². The number of Topliss-reactive ketones (excluding diaryl/α,β-unsaturated/α-hetero) is 1. The normalized spacial score (nSPS) is 12.8. The summed E-state index contributed by atoms with van der Waals surface area (Å²) in [4.78, 5) is 23.2. The van der Waals surface area contributed by atoms with E-state index in [1.165, 1.54) is 38.9 Å². The Hall–Kier alpha value is -3.63. The standard InChI is InChI=1S/C38H46N2O2/c1-8-12-36(42)32(33-16-11-18-35(40-33)38-28(6)21-25(3)22-29(38)7)15-10-14-31(41)23-30-13-9-17-34(39-30)37-26(4)19-24(2)20-27(37)5/h9,11,13,16-22,31-32,41H,8,10,12,14-15,23H2,1-7H3. The molecule has 0 aliphatic heterocycles. The van der Waals surface area contributed by atoms with Crippen LogP contribution in [0.15, 0.2) is 60.7 Å². The smallest absolute Gasteiger partial charge is 0.141 e. The number of carbonyl (C=O) groups is 1. The molecule has 0 radical (unpaired) electrons. The molecule has 0 saturated carbocycles. The van der Waals surface area contributed by atoms with Gasteiger partial charge in [0.2, 0.25) is 0 Å². The summed E-state index contributed by atoms with van der Waals surface area (Å²) in [6, 6.07) is 20.9. The average Bonchev–Trinajstić information content (AvgIpc) is 2.90. The van der Waals surface area contributed by atoms with E-state index in [4.69, 9.17) is 9.97 Å². The topological polar surface area (TPSA) is 63.1 Å². The van der Waals surface area contributed by atoms with Gasteiger partial charge >= 0.3 is 0 Å². The van der Waals surface area contributed by atoms with Crippen molar-refractivity contribution in [1.29, 1.82) is 0 Å². The molecule has 2 heterocycles. The molecule has 220 valence electrons. The van der Waals surface area contributed by atoms with Crippen LogP contribution in [-0.4, -0.2) is 27.0 Å².